The van der Waals surface area contributed by atoms with Crippen LogP contribution in [0.5, 0.6) is 0 Å². The summed E-state index contributed by atoms with van der Waals surface area (Å²) in [6, 6.07) is 27.9. The monoisotopic (exact) mass is 369 g/mol. The lowest BCUT2D eigenvalue weighted by molar-refractivity contribution is 0.285. The lowest BCUT2D eigenvalue weighted by atomic mass is 10.1. The lowest BCUT2D eigenvalue weighted by Crippen LogP contribution is -2.47. The maximum atomic E-state index is 4.98. The summed E-state index contributed by atoms with van der Waals surface area (Å²) in [6.07, 6.45) is 1.04. The highest BCUT2D eigenvalue weighted by atomic mass is 15.4. The molecule has 3 aromatic carbocycles. The molecule has 1 aliphatic heterocycles. The number of nitrogens with zero attached hydrogens (tertiary/aromatic N) is 3. The number of aryl methyl sites for hydroxylation is 2. The molecule has 3 aromatic rings. The third kappa shape index (κ3) is 4.15. The summed E-state index contributed by atoms with van der Waals surface area (Å²) in [5.41, 5.74) is 6.35. The number of hydrogen-bond acceptors (Lipinski definition) is 3. The highest BCUT2D eigenvalue weighted by molar-refractivity contribution is 6.10. The minimum Gasteiger partial charge on any atom is -0.312 e. The quantitative estimate of drug-likeness (QED) is 0.628. The van der Waals surface area contributed by atoms with Gasteiger partial charge in [0.25, 0.3) is 0 Å². The number of amidine groups is 1. The molecule has 3 heteroatoms. The zero-order valence-electron chi connectivity index (χ0n) is 16.7. The molecule has 4 rings (SSSR count). The highest BCUT2D eigenvalue weighted by Gasteiger charge is 2.24. The van der Waals surface area contributed by atoms with Crippen LogP contribution in [0.15, 0.2) is 83.9 Å². The fourth-order valence-corrected chi connectivity index (χ4v) is 3.77. The molecule has 1 aliphatic rings. The first-order valence-electron chi connectivity index (χ1n) is 9.91. The fourth-order valence-electron chi connectivity index (χ4n) is 3.77. The van der Waals surface area contributed by atoms with Gasteiger partial charge in [-0.2, -0.15) is 0 Å². The van der Waals surface area contributed by atoms with Crippen LogP contribution < -0.4 is 4.90 Å². The van der Waals surface area contributed by atoms with Crippen LogP contribution in [0, 0.1) is 13.8 Å². The van der Waals surface area contributed by atoms with Gasteiger partial charge in [0, 0.05) is 17.8 Å². The van der Waals surface area contributed by atoms with Crippen molar-refractivity contribution in [3.05, 3.63) is 101 Å². The van der Waals surface area contributed by atoms with Crippen molar-refractivity contribution < 1.29 is 0 Å². The molecule has 3 nitrogen and oxygen atoms in total. The Bertz CT molecular complexity index is 948. The molecule has 1 heterocycles. The van der Waals surface area contributed by atoms with Crippen LogP contribution in [-0.4, -0.2) is 30.6 Å². The fraction of sp³-hybridized carbons (Fsp3) is 0.240. The van der Waals surface area contributed by atoms with E-state index in [0.717, 1.165) is 32.1 Å². The zero-order valence-corrected chi connectivity index (χ0v) is 16.7. The Morgan fingerprint density at radius 2 is 1.57 bits per heavy atom. The molecule has 0 atom stereocenters. The second-order valence-electron chi connectivity index (χ2n) is 7.48. The van der Waals surface area contributed by atoms with Crippen molar-refractivity contribution in [2.45, 2.75) is 20.3 Å². The van der Waals surface area contributed by atoms with E-state index in [1.807, 2.05) is 0 Å². The molecular formula is C25H27N3. The number of anilines is 1. The van der Waals surface area contributed by atoms with Crippen LogP contribution in [0.4, 0.5) is 5.69 Å². The molecule has 0 fully saturated rings. The van der Waals surface area contributed by atoms with Crippen molar-refractivity contribution in [2.75, 3.05) is 24.8 Å². The van der Waals surface area contributed by atoms with Crippen molar-refractivity contribution >= 4 is 11.5 Å². The van der Waals surface area contributed by atoms with Gasteiger partial charge in [0.2, 0.25) is 0 Å². The molecule has 0 saturated heterocycles. The van der Waals surface area contributed by atoms with Gasteiger partial charge in [-0.25, -0.2) is 0 Å². The van der Waals surface area contributed by atoms with Gasteiger partial charge in [-0.05, 0) is 37.5 Å². The molecule has 142 valence electrons. The van der Waals surface area contributed by atoms with Gasteiger partial charge >= 0.3 is 0 Å². The molecule has 0 amide bonds. The van der Waals surface area contributed by atoms with Gasteiger partial charge < -0.3 is 4.90 Å². The Balaban J connectivity index is 1.61. The van der Waals surface area contributed by atoms with E-state index in [0.29, 0.717) is 0 Å². The van der Waals surface area contributed by atoms with Crippen LogP contribution in [0.1, 0.15) is 22.3 Å². The summed E-state index contributed by atoms with van der Waals surface area (Å²) in [5, 5.41) is 0. The Morgan fingerprint density at radius 3 is 2.29 bits per heavy atom. The Labute approximate surface area is 168 Å². The summed E-state index contributed by atoms with van der Waals surface area (Å²) in [4.78, 5) is 9.76. The maximum absolute atomic E-state index is 4.98. The molecule has 0 radical (unpaired) electrons. The lowest BCUT2D eigenvalue weighted by Gasteiger charge is -2.37. The van der Waals surface area contributed by atoms with E-state index in [2.05, 4.69) is 103 Å². The third-order valence-corrected chi connectivity index (χ3v) is 5.25. The van der Waals surface area contributed by atoms with Crippen LogP contribution in [0.2, 0.25) is 0 Å². The van der Waals surface area contributed by atoms with Gasteiger partial charge in [0.15, 0.2) is 0 Å². The minimum atomic E-state index is 0.735. The van der Waals surface area contributed by atoms with E-state index in [4.69, 9.17) is 4.99 Å². The van der Waals surface area contributed by atoms with Crippen molar-refractivity contribution in [3.63, 3.8) is 0 Å². The van der Waals surface area contributed by atoms with Gasteiger partial charge in [-0.15, -0.1) is 0 Å². The Morgan fingerprint density at radius 1 is 0.857 bits per heavy atom. The zero-order chi connectivity index (χ0) is 19.3. The normalized spacial score (nSPS) is 14.8. The number of benzene rings is 3. The van der Waals surface area contributed by atoms with Crippen molar-refractivity contribution in [1.82, 2.24) is 4.90 Å². The number of rotatable bonds is 5. The average molecular weight is 370 g/mol. The van der Waals surface area contributed by atoms with Crippen molar-refractivity contribution in [2.24, 2.45) is 4.99 Å². The van der Waals surface area contributed by atoms with Crippen LogP contribution in [0.3, 0.4) is 0 Å². The first-order chi connectivity index (χ1) is 13.7. The van der Waals surface area contributed by atoms with E-state index in [1.165, 1.54) is 27.9 Å². The minimum absolute atomic E-state index is 0.735. The van der Waals surface area contributed by atoms with E-state index < -0.39 is 0 Å². The van der Waals surface area contributed by atoms with Crippen molar-refractivity contribution in [1.29, 1.82) is 0 Å². The predicted octanol–water partition coefficient (Wildman–Crippen LogP) is 5.03. The molecule has 0 N–H and O–H groups in total. The maximum Gasteiger partial charge on any atom is 0.137 e. The van der Waals surface area contributed by atoms with E-state index in [-0.39, 0.29) is 0 Å². The first kappa shape index (κ1) is 18.5. The van der Waals surface area contributed by atoms with E-state index in [9.17, 15) is 0 Å². The Kier molecular flexibility index (Phi) is 5.54. The predicted molar refractivity (Wildman–Crippen MR) is 118 cm³/mol. The number of hydrogen-bond donors (Lipinski definition) is 0. The summed E-state index contributed by atoms with van der Waals surface area (Å²) in [7, 11) is 0. The molecule has 0 spiro atoms. The second kappa shape index (κ2) is 8.41. The standard InChI is InChI=1S/C25H27N3/c1-20-13-14-24(21(2)17-20)28-19-27(16-15-22-9-5-3-6-10-22)18-26-25(28)23-11-7-4-8-12-23/h3-14,17H,15-16,18-19H2,1-2H3. The molecule has 0 aromatic heterocycles. The Hall–Kier alpha value is -2.91. The molecule has 0 saturated carbocycles. The topological polar surface area (TPSA) is 18.8 Å². The van der Waals surface area contributed by atoms with Gasteiger partial charge in [-0.3, -0.25) is 9.89 Å². The number of aliphatic imine (C=N–C) groups is 1. The SMILES string of the molecule is Cc1ccc(N2CN(CCc3ccccc3)CN=C2c2ccccc2)c(C)c1. The first-order valence-corrected chi connectivity index (χ1v) is 9.91. The van der Waals surface area contributed by atoms with Gasteiger partial charge in [0.1, 0.15) is 5.84 Å². The molecule has 0 bridgehead atoms. The molecular weight excluding hydrogens is 342 g/mol. The molecule has 28 heavy (non-hydrogen) atoms. The summed E-state index contributed by atoms with van der Waals surface area (Å²) in [5.74, 6) is 1.06. The van der Waals surface area contributed by atoms with Gasteiger partial charge in [0.05, 0.1) is 13.3 Å². The molecule has 0 aliphatic carbocycles. The summed E-state index contributed by atoms with van der Waals surface area (Å²) >= 11 is 0. The second-order valence-corrected chi connectivity index (χ2v) is 7.48. The van der Waals surface area contributed by atoms with Crippen LogP contribution in [0.25, 0.3) is 0 Å². The smallest absolute Gasteiger partial charge is 0.137 e. The van der Waals surface area contributed by atoms with Crippen LogP contribution >= 0.6 is 0 Å². The van der Waals surface area contributed by atoms with E-state index in [1.54, 1.807) is 0 Å². The van der Waals surface area contributed by atoms with Crippen LogP contribution in [-0.2, 0) is 6.42 Å². The van der Waals surface area contributed by atoms with Crippen molar-refractivity contribution in [3.8, 4) is 0 Å². The van der Waals surface area contributed by atoms with Gasteiger partial charge in [-0.1, -0.05) is 78.4 Å². The van der Waals surface area contributed by atoms with E-state index >= 15 is 0 Å². The average Bonchev–Trinajstić information content (AvgIpc) is 2.73. The third-order valence-electron chi connectivity index (χ3n) is 5.25. The largest absolute Gasteiger partial charge is 0.312 e. The summed E-state index contributed by atoms with van der Waals surface area (Å²) < 4.78 is 0. The molecule has 0 unspecified atom stereocenters. The summed E-state index contributed by atoms with van der Waals surface area (Å²) in [6.45, 7) is 6.92. The highest BCUT2D eigenvalue weighted by Crippen LogP contribution is 2.26.